The Morgan fingerprint density at radius 1 is 0.931 bits per heavy atom. The lowest BCUT2D eigenvalue weighted by Gasteiger charge is -2.31. The van der Waals surface area contributed by atoms with Crippen molar-refractivity contribution in [3.8, 4) is 0 Å². The van der Waals surface area contributed by atoms with Gasteiger partial charge in [-0.2, -0.15) is 13.2 Å². The fourth-order valence-corrected chi connectivity index (χ4v) is 4.02. The van der Waals surface area contributed by atoms with Gasteiger partial charge in [0, 0.05) is 18.1 Å². The zero-order valence-corrected chi connectivity index (χ0v) is 16.1. The maximum Gasteiger partial charge on any atom is 0.427 e. The molecule has 4 rings (SSSR count). The van der Waals surface area contributed by atoms with E-state index in [9.17, 15) is 21.6 Å². The van der Waals surface area contributed by atoms with Gasteiger partial charge in [0.2, 0.25) is 6.17 Å². The van der Waals surface area contributed by atoms with Gasteiger partial charge < -0.3 is 10.2 Å². The number of hydrogen-bond acceptors (Lipinski definition) is 4. The SMILES string of the molecule is CS(=O)(=O)c1ccc(C2=CNC(C(F)(F)F)N2c2ccc3ccccc3c2)cc1. The van der Waals surface area contributed by atoms with Crippen LogP contribution in [0.4, 0.5) is 18.9 Å². The average molecular weight is 418 g/mol. The molecule has 0 saturated carbocycles. The van der Waals surface area contributed by atoms with Crippen LogP contribution in [0.3, 0.4) is 0 Å². The Hall–Kier alpha value is -3.00. The molecule has 150 valence electrons. The van der Waals surface area contributed by atoms with E-state index in [1.165, 1.54) is 35.4 Å². The summed E-state index contributed by atoms with van der Waals surface area (Å²) in [5, 5.41) is 4.16. The first-order chi connectivity index (χ1) is 13.6. The van der Waals surface area contributed by atoms with E-state index in [2.05, 4.69) is 5.32 Å². The summed E-state index contributed by atoms with van der Waals surface area (Å²) in [7, 11) is -3.40. The zero-order valence-electron chi connectivity index (χ0n) is 15.3. The monoisotopic (exact) mass is 418 g/mol. The number of sulfone groups is 1. The molecule has 0 aliphatic carbocycles. The molecule has 4 nitrogen and oxygen atoms in total. The number of hydrogen-bond donors (Lipinski definition) is 1. The van der Waals surface area contributed by atoms with Crippen LogP contribution >= 0.6 is 0 Å². The predicted molar refractivity (Wildman–Crippen MR) is 107 cm³/mol. The smallest absolute Gasteiger partial charge is 0.362 e. The molecule has 0 spiro atoms. The normalized spacial score (nSPS) is 17.3. The van der Waals surface area contributed by atoms with Crippen molar-refractivity contribution in [2.75, 3.05) is 11.2 Å². The lowest BCUT2D eigenvalue weighted by Crippen LogP contribution is -2.48. The van der Waals surface area contributed by atoms with E-state index in [0.717, 1.165) is 17.0 Å². The van der Waals surface area contributed by atoms with E-state index in [-0.39, 0.29) is 4.90 Å². The highest BCUT2D eigenvalue weighted by molar-refractivity contribution is 7.90. The molecule has 0 fully saturated rings. The molecule has 29 heavy (non-hydrogen) atoms. The highest BCUT2D eigenvalue weighted by Crippen LogP contribution is 2.38. The van der Waals surface area contributed by atoms with Crippen LogP contribution in [-0.4, -0.2) is 27.0 Å². The summed E-state index contributed by atoms with van der Waals surface area (Å²) in [6, 6.07) is 18.4. The van der Waals surface area contributed by atoms with Crippen LogP contribution in [0.15, 0.2) is 77.8 Å². The van der Waals surface area contributed by atoms with Gasteiger partial charge >= 0.3 is 6.18 Å². The van der Waals surface area contributed by atoms with Crippen molar-refractivity contribution < 1.29 is 21.6 Å². The van der Waals surface area contributed by atoms with Crippen LogP contribution < -0.4 is 10.2 Å². The van der Waals surface area contributed by atoms with E-state index < -0.39 is 22.2 Å². The van der Waals surface area contributed by atoms with Crippen molar-refractivity contribution in [2.24, 2.45) is 0 Å². The van der Waals surface area contributed by atoms with Crippen molar-refractivity contribution in [1.82, 2.24) is 5.32 Å². The molecule has 3 aromatic rings. The van der Waals surface area contributed by atoms with Gasteiger partial charge in [0.25, 0.3) is 0 Å². The Morgan fingerprint density at radius 3 is 2.21 bits per heavy atom. The third kappa shape index (κ3) is 3.67. The maximum atomic E-state index is 13.7. The van der Waals surface area contributed by atoms with Crippen molar-refractivity contribution in [3.05, 3.63) is 78.5 Å². The molecule has 1 unspecified atom stereocenters. The van der Waals surface area contributed by atoms with E-state index in [0.29, 0.717) is 16.9 Å². The Labute approximate surface area is 166 Å². The van der Waals surface area contributed by atoms with Gasteiger partial charge in [-0.05, 0) is 40.6 Å². The number of halogens is 3. The Kier molecular flexibility index (Phi) is 4.53. The number of nitrogens with one attached hydrogen (secondary N) is 1. The Balaban J connectivity index is 1.80. The number of alkyl halides is 3. The largest absolute Gasteiger partial charge is 0.427 e. The minimum Gasteiger partial charge on any atom is -0.362 e. The molecule has 0 aromatic heterocycles. The quantitative estimate of drug-likeness (QED) is 0.679. The molecule has 0 radical (unpaired) electrons. The molecule has 1 N–H and O–H groups in total. The van der Waals surface area contributed by atoms with Crippen molar-refractivity contribution >= 4 is 32.0 Å². The van der Waals surface area contributed by atoms with Crippen LogP contribution in [0.25, 0.3) is 16.5 Å². The number of fused-ring (bicyclic) bond motifs is 1. The highest BCUT2D eigenvalue weighted by Gasteiger charge is 2.47. The van der Waals surface area contributed by atoms with Crippen LogP contribution in [0, 0.1) is 0 Å². The standard InChI is InChI=1S/C21H17F3N2O2S/c1-29(27,28)18-10-7-15(8-11-18)19-13-25-20(21(22,23)24)26(19)17-9-6-14-4-2-3-5-16(14)12-17/h2-13,20,25H,1H3. The second-order valence-corrected chi connectivity index (χ2v) is 8.85. The number of benzene rings is 3. The van der Waals surface area contributed by atoms with Crippen LogP contribution in [0.1, 0.15) is 5.56 Å². The van der Waals surface area contributed by atoms with E-state index in [4.69, 9.17) is 0 Å². The molecule has 1 atom stereocenters. The molecule has 0 saturated heterocycles. The summed E-state index contributed by atoms with van der Waals surface area (Å²) in [5.74, 6) is 0. The van der Waals surface area contributed by atoms with E-state index in [1.807, 2.05) is 24.3 Å². The summed E-state index contributed by atoms with van der Waals surface area (Å²) in [6.07, 6.45) is -4.05. The lowest BCUT2D eigenvalue weighted by molar-refractivity contribution is -0.149. The second kappa shape index (κ2) is 6.81. The van der Waals surface area contributed by atoms with Crippen molar-refractivity contribution in [1.29, 1.82) is 0 Å². The minimum absolute atomic E-state index is 0.109. The van der Waals surface area contributed by atoms with E-state index in [1.54, 1.807) is 18.2 Å². The summed E-state index contributed by atoms with van der Waals surface area (Å²) < 4.78 is 64.5. The molecule has 8 heteroatoms. The van der Waals surface area contributed by atoms with Gasteiger partial charge in [0.05, 0.1) is 10.6 Å². The van der Waals surface area contributed by atoms with Gasteiger partial charge in [-0.25, -0.2) is 8.42 Å². The molecule has 3 aromatic carbocycles. The van der Waals surface area contributed by atoms with Crippen LogP contribution in [0.2, 0.25) is 0 Å². The lowest BCUT2D eigenvalue weighted by atomic mass is 10.1. The predicted octanol–water partition coefficient (Wildman–Crippen LogP) is 4.54. The van der Waals surface area contributed by atoms with Crippen molar-refractivity contribution in [3.63, 3.8) is 0 Å². The number of nitrogens with zero attached hydrogens (tertiary/aromatic N) is 1. The first kappa shape index (κ1) is 19.3. The Bertz CT molecular complexity index is 1200. The molecular weight excluding hydrogens is 401 g/mol. The summed E-state index contributed by atoms with van der Waals surface area (Å²) in [6.45, 7) is 0. The fourth-order valence-electron chi connectivity index (χ4n) is 3.39. The highest BCUT2D eigenvalue weighted by atomic mass is 32.2. The van der Waals surface area contributed by atoms with E-state index >= 15 is 0 Å². The van der Waals surface area contributed by atoms with Gasteiger partial charge in [-0.3, -0.25) is 0 Å². The van der Waals surface area contributed by atoms with Gasteiger partial charge in [-0.1, -0.05) is 42.5 Å². The maximum absolute atomic E-state index is 13.7. The third-order valence-corrected chi connectivity index (χ3v) is 5.92. The Morgan fingerprint density at radius 2 is 1.59 bits per heavy atom. The van der Waals surface area contributed by atoms with Crippen LogP contribution in [-0.2, 0) is 9.84 Å². The minimum atomic E-state index is -4.52. The summed E-state index contributed by atoms with van der Waals surface area (Å²) in [4.78, 5) is 1.29. The summed E-state index contributed by atoms with van der Waals surface area (Å²) >= 11 is 0. The zero-order chi connectivity index (χ0) is 20.8. The van der Waals surface area contributed by atoms with Crippen LogP contribution in [0.5, 0.6) is 0 Å². The molecular formula is C21H17F3N2O2S. The summed E-state index contributed by atoms with van der Waals surface area (Å²) in [5.41, 5.74) is 1.17. The van der Waals surface area contributed by atoms with Gasteiger partial charge in [-0.15, -0.1) is 0 Å². The van der Waals surface area contributed by atoms with Crippen molar-refractivity contribution in [2.45, 2.75) is 17.2 Å². The average Bonchev–Trinajstić information content (AvgIpc) is 3.12. The number of rotatable bonds is 3. The fraction of sp³-hybridized carbons (Fsp3) is 0.143. The van der Waals surface area contributed by atoms with Gasteiger partial charge in [0.1, 0.15) is 0 Å². The third-order valence-electron chi connectivity index (χ3n) is 4.80. The topological polar surface area (TPSA) is 49.4 Å². The van der Waals surface area contributed by atoms with Gasteiger partial charge in [0.15, 0.2) is 9.84 Å². The molecule has 0 amide bonds. The first-order valence-corrected chi connectivity index (χ1v) is 10.7. The second-order valence-electron chi connectivity index (χ2n) is 6.84. The molecule has 1 heterocycles. The molecule has 0 bridgehead atoms. The first-order valence-electron chi connectivity index (χ1n) is 8.76. The number of anilines is 1. The molecule has 1 aliphatic heterocycles. The molecule has 1 aliphatic rings.